The minimum absolute atomic E-state index is 0.0986. The number of esters is 1. The van der Waals surface area contributed by atoms with Crippen LogP contribution in [0.25, 0.3) is 0 Å². The first-order valence-electron chi connectivity index (χ1n) is 17.2. The number of carbonyl (C=O) groups is 6. The molecule has 0 bridgehead atoms. The Labute approximate surface area is 275 Å². The van der Waals surface area contributed by atoms with E-state index >= 15 is 0 Å². The summed E-state index contributed by atoms with van der Waals surface area (Å²) in [4.78, 5) is 81.1. The van der Waals surface area contributed by atoms with Crippen molar-refractivity contribution in [1.29, 1.82) is 0 Å². The van der Waals surface area contributed by atoms with E-state index < -0.39 is 64.7 Å². The average Bonchev–Trinajstić information content (AvgIpc) is 3.25. The predicted octanol–water partition coefficient (Wildman–Crippen LogP) is 4.45. The minimum Gasteiger partial charge on any atom is -0.458 e. The lowest BCUT2D eigenvalue weighted by Crippen LogP contribution is -2.60. The summed E-state index contributed by atoms with van der Waals surface area (Å²) in [6, 6.07) is -4.29. The smallest absolute Gasteiger partial charge is 0.329 e. The van der Waals surface area contributed by atoms with Gasteiger partial charge in [0.2, 0.25) is 17.6 Å². The van der Waals surface area contributed by atoms with Crippen LogP contribution < -0.4 is 16.0 Å². The molecule has 6 atom stereocenters. The Morgan fingerprint density at radius 3 is 1.96 bits per heavy atom. The fourth-order valence-electron chi connectivity index (χ4n) is 7.12. The van der Waals surface area contributed by atoms with Gasteiger partial charge in [-0.1, -0.05) is 86.0 Å². The van der Waals surface area contributed by atoms with Crippen LogP contribution in [0.1, 0.15) is 127 Å². The van der Waals surface area contributed by atoms with Crippen molar-refractivity contribution in [2.24, 2.45) is 22.7 Å². The van der Waals surface area contributed by atoms with Crippen LogP contribution in [0, 0.1) is 22.7 Å². The number of urea groups is 1. The molecular formula is C35H58N4O7. The van der Waals surface area contributed by atoms with Gasteiger partial charge in [-0.25, -0.2) is 9.59 Å². The lowest BCUT2D eigenvalue weighted by Gasteiger charge is -2.35. The number of nitrogens with zero attached hydrogens (tertiary/aromatic N) is 1. The topological polar surface area (TPSA) is 151 Å². The number of rotatable bonds is 5. The Balaban J connectivity index is 1.87. The molecule has 0 unspecified atom stereocenters. The van der Waals surface area contributed by atoms with Gasteiger partial charge in [0.1, 0.15) is 23.7 Å². The number of nitrogens with one attached hydrogen (secondary N) is 3. The molecule has 3 aliphatic rings. The zero-order chi connectivity index (χ0) is 34.6. The number of hydrogen-bond donors (Lipinski definition) is 3. The van der Waals surface area contributed by atoms with Crippen LogP contribution in [0.5, 0.6) is 0 Å². The molecular weight excluding hydrogens is 588 g/mol. The standard InChI is InChI=1S/C35H58N4O7/c1-21(40)27(41)23-18-16-14-12-10-11-13-15-17-19-24(30(43)39-20-22-25(35(22,8)9)26(39)29(42)36-23)37-32(45)38-28(33(2,3)4)31(44)46-34(5,6)7/h22-26,28H,10-20H2,1-9H3,(H,36,42)(H2,37,38,45)/t22-,23-,24-,25-,26-,28+/m0/s1. The molecule has 46 heavy (non-hydrogen) atoms. The highest BCUT2D eigenvalue weighted by Gasteiger charge is 2.69. The average molecular weight is 647 g/mol. The maximum absolute atomic E-state index is 14.3. The number of amides is 4. The van der Waals surface area contributed by atoms with Crippen LogP contribution in [0.3, 0.4) is 0 Å². The van der Waals surface area contributed by atoms with Gasteiger partial charge in [0.05, 0.1) is 6.04 Å². The third-order valence-corrected chi connectivity index (χ3v) is 9.86. The SMILES string of the molecule is CC(=O)C(=O)[C@@H]1CCCCCCCCCC[C@H](NC(=O)N[C@H](C(=O)OC(C)(C)C)C(C)(C)C)C(=O)N2C[C@H]3[C@@H]([C@H]2C(=O)N1)C3(C)C. The van der Waals surface area contributed by atoms with Crippen LogP contribution in [-0.2, 0) is 28.7 Å². The van der Waals surface area contributed by atoms with Crippen LogP contribution in [0.15, 0.2) is 0 Å². The van der Waals surface area contributed by atoms with Crippen LogP contribution in [0.2, 0.25) is 0 Å². The predicted molar refractivity (Wildman–Crippen MR) is 175 cm³/mol. The lowest BCUT2D eigenvalue weighted by atomic mass is 9.86. The summed E-state index contributed by atoms with van der Waals surface area (Å²) in [5.74, 6) is -2.58. The number of Topliss-reactive ketones (excluding diaryl/α,β-unsaturated/α-hetero) is 2. The molecule has 0 radical (unpaired) electrons. The molecule has 3 N–H and O–H groups in total. The highest BCUT2D eigenvalue weighted by Crippen LogP contribution is 2.65. The molecule has 0 aromatic rings. The minimum atomic E-state index is -0.966. The van der Waals surface area contributed by atoms with Crippen LogP contribution >= 0.6 is 0 Å². The first-order valence-corrected chi connectivity index (χ1v) is 17.2. The normalized spacial score (nSPS) is 28.5. The molecule has 0 aromatic carbocycles. The highest BCUT2D eigenvalue weighted by atomic mass is 16.6. The third-order valence-electron chi connectivity index (χ3n) is 9.86. The zero-order valence-corrected chi connectivity index (χ0v) is 29.5. The fourth-order valence-corrected chi connectivity index (χ4v) is 7.12. The molecule has 2 heterocycles. The van der Waals surface area contributed by atoms with Gasteiger partial charge < -0.3 is 25.6 Å². The molecule has 3 fully saturated rings. The molecule has 11 heteroatoms. The molecule has 0 aromatic heterocycles. The lowest BCUT2D eigenvalue weighted by molar-refractivity contribution is -0.160. The van der Waals surface area contributed by atoms with Gasteiger partial charge in [-0.15, -0.1) is 0 Å². The summed E-state index contributed by atoms with van der Waals surface area (Å²) >= 11 is 0. The fraction of sp³-hybridized carbons (Fsp3) is 0.829. The van der Waals surface area contributed by atoms with Crippen molar-refractivity contribution in [3.8, 4) is 0 Å². The van der Waals surface area contributed by atoms with E-state index in [1.54, 1.807) is 25.7 Å². The van der Waals surface area contributed by atoms with Crippen molar-refractivity contribution in [3.05, 3.63) is 0 Å². The van der Waals surface area contributed by atoms with Crippen molar-refractivity contribution in [1.82, 2.24) is 20.9 Å². The number of ketones is 2. The zero-order valence-electron chi connectivity index (χ0n) is 29.5. The van der Waals surface area contributed by atoms with Gasteiger partial charge in [0, 0.05) is 13.5 Å². The summed E-state index contributed by atoms with van der Waals surface area (Å²) in [5.41, 5.74) is -1.57. The largest absolute Gasteiger partial charge is 0.458 e. The van der Waals surface area contributed by atoms with Gasteiger partial charge in [0.15, 0.2) is 5.78 Å². The van der Waals surface area contributed by atoms with E-state index in [-0.39, 0.29) is 23.2 Å². The van der Waals surface area contributed by atoms with Gasteiger partial charge in [-0.2, -0.15) is 0 Å². The number of piperidine rings is 1. The number of ether oxygens (including phenoxy) is 1. The van der Waals surface area contributed by atoms with E-state index in [1.807, 2.05) is 20.8 Å². The Morgan fingerprint density at radius 1 is 0.891 bits per heavy atom. The maximum atomic E-state index is 14.3. The van der Waals surface area contributed by atoms with Crippen molar-refractivity contribution < 1.29 is 33.5 Å². The maximum Gasteiger partial charge on any atom is 0.329 e. The number of carbonyl (C=O) groups excluding carboxylic acids is 6. The van der Waals surface area contributed by atoms with Crippen molar-refractivity contribution in [2.45, 2.75) is 156 Å². The third kappa shape index (κ3) is 9.53. The Hall–Kier alpha value is -2.98. The number of fused-ring (bicyclic) bond motifs is 3. The second-order valence-corrected chi connectivity index (χ2v) is 16.3. The first kappa shape index (κ1) is 37.5. The van der Waals surface area contributed by atoms with E-state index in [0.717, 1.165) is 44.9 Å². The summed E-state index contributed by atoms with van der Waals surface area (Å²) in [5, 5.41) is 8.45. The van der Waals surface area contributed by atoms with Crippen molar-refractivity contribution in [2.75, 3.05) is 6.54 Å². The van der Waals surface area contributed by atoms with Crippen molar-refractivity contribution >= 4 is 35.4 Å². The van der Waals surface area contributed by atoms with Gasteiger partial charge >= 0.3 is 12.0 Å². The van der Waals surface area contributed by atoms with Gasteiger partial charge in [-0.05, 0) is 56.3 Å². The van der Waals surface area contributed by atoms with Gasteiger partial charge in [-0.3, -0.25) is 19.2 Å². The Kier molecular flexibility index (Phi) is 12.1. The highest BCUT2D eigenvalue weighted by molar-refractivity contribution is 6.38. The summed E-state index contributed by atoms with van der Waals surface area (Å²) in [6.07, 6.45) is 8.05. The van der Waals surface area contributed by atoms with Crippen LogP contribution in [-0.4, -0.2) is 76.6 Å². The first-order chi connectivity index (χ1) is 21.3. The second kappa shape index (κ2) is 14.8. The Morgan fingerprint density at radius 2 is 1.43 bits per heavy atom. The molecule has 1 aliphatic carbocycles. The quantitative estimate of drug-likeness (QED) is 0.295. The molecule has 1 saturated carbocycles. The van der Waals surface area contributed by atoms with Crippen LogP contribution in [0.4, 0.5) is 4.79 Å². The molecule has 11 nitrogen and oxygen atoms in total. The summed E-state index contributed by atoms with van der Waals surface area (Å²) < 4.78 is 5.58. The molecule has 260 valence electrons. The van der Waals surface area contributed by atoms with Crippen molar-refractivity contribution in [3.63, 3.8) is 0 Å². The van der Waals surface area contributed by atoms with E-state index in [1.165, 1.54) is 6.92 Å². The second-order valence-electron chi connectivity index (χ2n) is 16.3. The number of hydrogen-bond acceptors (Lipinski definition) is 7. The van der Waals surface area contributed by atoms with E-state index in [9.17, 15) is 28.8 Å². The molecule has 3 rings (SSSR count). The molecule has 0 spiro atoms. The monoisotopic (exact) mass is 646 g/mol. The summed E-state index contributed by atoms with van der Waals surface area (Å²) in [6.45, 7) is 16.5. The van der Waals surface area contributed by atoms with E-state index in [2.05, 4.69) is 29.8 Å². The van der Waals surface area contributed by atoms with E-state index in [0.29, 0.717) is 25.8 Å². The Bertz CT molecular complexity index is 1170. The van der Waals surface area contributed by atoms with Gasteiger partial charge in [0.25, 0.3) is 0 Å². The van der Waals surface area contributed by atoms with E-state index in [4.69, 9.17) is 4.74 Å². The summed E-state index contributed by atoms with van der Waals surface area (Å²) in [7, 11) is 0. The molecule has 2 aliphatic heterocycles. The molecule has 2 saturated heterocycles. The molecule has 4 amide bonds.